The summed E-state index contributed by atoms with van der Waals surface area (Å²) < 4.78 is 13.4. The summed E-state index contributed by atoms with van der Waals surface area (Å²) in [5.74, 6) is 1.23. The molecule has 0 atom stereocenters. The molecule has 2 aromatic heterocycles. The number of nitrogens with zero attached hydrogens (tertiary/aromatic N) is 2. The maximum absolute atomic E-state index is 11.6. The Hall–Kier alpha value is -3.19. The molecule has 0 radical (unpaired) electrons. The lowest BCUT2D eigenvalue weighted by molar-refractivity contribution is 0.293. The number of hydrogen-bond donors (Lipinski definition) is 1. The fraction of sp³-hybridized carbons (Fsp3) is 0.105. The highest BCUT2D eigenvalue weighted by Gasteiger charge is 2.10. The van der Waals surface area contributed by atoms with Gasteiger partial charge in [-0.2, -0.15) is 5.10 Å². The van der Waals surface area contributed by atoms with E-state index in [1.165, 1.54) is 6.07 Å². The number of fused-ring (bicyclic) bond motifs is 1. The van der Waals surface area contributed by atoms with Gasteiger partial charge in [-0.25, -0.2) is 4.79 Å². The van der Waals surface area contributed by atoms with Crippen LogP contribution in [0, 0.1) is 11.7 Å². The number of ether oxygens (including phenoxy) is 1. The van der Waals surface area contributed by atoms with Crippen molar-refractivity contribution in [3.05, 3.63) is 81.2 Å². The number of benzene rings is 2. The van der Waals surface area contributed by atoms with Crippen molar-refractivity contribution in [3.63, 3.8) is 0 Å². The summed E-state index contributed by atoms with van der Waals surface area (Å²) in [5, 5.41) is 7.92. The van der Waals surface area contributed by atoms with Crippen molar-refractivity contribution >= 4 is 23.2 Å². The summed E-state index contributed by atoms with van der Waals surface area (Å²) >= 11 is 5.32. The van der Waals surface area contributed by atoms with Crippen molar-refractivity contribution in [1.29, 1.82) is 0 Å². The van der Waals surface area contributed by atoms with Crippen LogP contribution in [0.2, 0.25) is 0 Å². The molecule has 0 aliphatic carbocycles. The molecule has 1 N–H and O–H groups in total. The lowest BCUT2D eigenvalue weighted by atomic mass is 10.1. The molecule has 0 saturated heterocycles. The van der Waals surface area contributed by atoms with Crippen LogP contribution in [0.25, 0.3) is 16.7 Å². The Bertz CT molecular complexity index is 1190. The summed E-state index contributed by atoms with van der Waals surface area (Å²) in [6, 6.07) is 16.6. The predicted molar refractivity (Wildman–Crippen MR) is 100 cm³/mol. The van der Waals surface area contributed by atoms with Gasteiger partial charge in [0.2, 0.25) is 0 Å². The molecule has 0 aliphatic rings. The molecule has 0 spiro atoms. The average Bonchev–Trinajstić information content (AvgIpc) is 3.01. The van der Waals surface area contributed by atoms with Gasteiger partial charge in [0.25, 0.3) is 0 Å². The molecular formula is C19H15N3O3S. The third-order valence-electron chi connectivity index (χ3n) is 4.05. The SMILES string of the molecule is Cc1cc(=O)oc2cc(OCc3n[nH]c(=S)n3-c3ccccc3)ccc12. The first-order valence-corrected chi connectivity index (χ1v) is 8.42. The van der Waals surface area contributed by atoms with Crippen LogP contribution in [0.3, 0.4) is 0 Å². The molecular weight excluding hydrogens is 350 g/mol. The molecule has 26 heavy (non-hydrogen) atoms. The number of aromatic amines is 1. The number of para-hydroxylation sites is 1. The Morgan fingerprint density at radius 2 is 2.00 bits per heavy atom. The molecule has 6 nitrogen and oxygen atoms in total. The van der Waals surface area contributed by atoms with E-state index in [-0.39, 0.29) is 12.2 Å². The Morgan fingerprint density at radius 1 is 1.19 bits per heavy atom. The van der Waals surface area contributed by atoms with Crippen LogP contribution in [0.1, 0.15) is 11.4 Å². The van der Waals surface area contributed by atoms with E-state index >= 15 is 0 Å². The van der Waals surface area contributed by atoms with Crippen molar-refractivity contribution < 1.29 is 9.15 Å². The zero-order chi connectivity index (χ0) is 18.1. The lowest BCUT2D eigenvalue weighted by Crippen LogP contribution is -2.06. The number of aromatic nitrogens is 3. The van der Waals surface area contributed by atoms with Crippen LogP contribution in [-0.4, -0.2) is 14.8 Å². The standard InChI is InChI=1S/C19H15N3O3S/c1-12-9-18(23)25-16-10-14(7-8-15(12)16)24-11-17-20-21-19(26)22(17)13-5-3-2-4-6-13/h2-10H,11H2,1H3,(H,21,26). The van der Waals surface area contributed by atoms with Crippen LogP contribution in [0.5, 0.6) is 5.75 Å². The third-order valence-corrected chi connectivity index (χ3v) is 4.32. The van der Waals surface area contributed by atoms with E-state index in [4.69, 9.17) is 21.4 Å². The molecule has 0 bridgehead atoms. The van der Waals surface area contributed by atoms with Crippen LogP contribution in [0.15, 0.2) is 63.8 Å². The second-order valence-corrected chi connectivity index (χ2v) is 6.20. The molecule has 130 valence electrons. The van der Waals surface area contributed by atoms with Crippen LogP contribution < -0.4 is 10.4 Å². The molecule has 0 amide bonds. The lowest BCUT2D eigenvalue weighted by Gasteiger charge is -2.09. The quantitative estimate of drug-likeness (QED) is 0.438. The number of nitrogens with one attached hydrogen (secondary N) is 1. The van der Waals surface area contributed by atoms with Crippen molar-refractivity contribution in [2.24, 2.45) is 0 Å². The Morgan fingerprint density at radius 3 is 2.81 bits per heavy atom. The van der Waals surface area contributed by atoms with Gasteiger partial charge in [-0.3, -0.25) is 9.67 Å². The Balaban J connectivity index is 1.64. The molecule has 0 saturated carbocycles. The molecule has 4 rings (SSSR count). The second kappa shape index (κ2) is 6.61. The highest BCUT2D eigenvalue weighted by molar-refractivity contribution is 7.71. The zero-order valence-corrected chi connectivity index (χ0v) is 14.7. The minimum absolute atomic E-state index is 0.212. The Kier molecular flexibility index (Phi) is 4.14. The molecule has 2 aromatic carbocycles. The van der Waals surface area contributed by atoms with E-state index in [0.29, 0.717) is 21.9 Å². The average molecular weight is 365 g/mol. The molecule has 0 unspecified atom stereocenters. The monoisotopic (exact) mass is 365 g/mol. The van der Waals surface area contributed by atoms with Crippen molar-refractivity contribution in [3.8, 4) is 11.4 Å². The topological polar surface area (TPSA) is 73.1 Å². The van der Waals surface area contributed by atoms with Gasteiger partial charge in [0, 0.05) is 23.2 Å². The van der Waals surface area contributed by atoms with Gasteiger partial charge in [-0.05, 0) is 49.0 Å². The van der Waals surface area contributed by atoms with Gasteiger partial charge >= 0.3 is 5.63 Å². The van der Waals surface area contributed by atoms with Crippen LogP contribution in [0.4, 0.5) is 0 Å². The van der Waals surface area contributed by atoms with Gasteiger partial charge in [0.05, 0.1) is 0 Å². The number of aryl methyl sites for hydroxylation is 1. The van der Waals surface area contributed by atoms with E-state index in [1.807, 2.05) is 54.0 Å². The molecule has 2 heterocycles. The third kappa shape index (κ3) is 3.04. The maximum Gasteiger partial charge on any atom is 0.336 e. The summed E-state index contributed by atoms with van der Waals surface area (Å²) in [6.07, 6.45) is 0. The van der Waals surface area contributed by atoms with E-state index in [1.54, 1.807) is 6.07 Å². The minimum atomic E-state index is -0.378. The molecule has 7 heteroatoms. The maximum atomic E-state index is 11.6. The van der Waals surface area contributed by atoms with Crippen LogP contribution >= 0.6 is 12.2 Å². The highest BCUT2D eigenvalue weighted by Crippen LogP contribution is 2.23. The zero-order valence-electron chi connectivity index (χ0n) is 13.9. The van der Waals surface area contributed by atoms with Gasteiger partial charge in [0.1, 0.15) is 17.9 Å². The predicted octanol–water partition coefficient (Wildman–Crippen LogP) is 3.92. The fourth-order valence-electron chi connectivity index (χ4n) is 2.81. The van der Waals surface area contributed by atoms with Gasteiger partial charge < -0.3 is 9.15 Å². The fourth-order valence-corrected chi connectivity index (χ4v) is 3.07. The summed E-state index contributed by atoms with van der Waals surface area (Å²) in [5.41, 5.74) is 1.89. The van der Waals surface area contributed by atoms with E-state index in [9.17, 15) is 4.79 Å². The highest BCUT2D eigenvalue weighted by atomic mass is 32.1. The first kappa shape index (κ1) is 16.3. The summed E-state index contributed by atoms with van der Waals surface area (Å²) in [4.78, 5) is 11.6. The number of hydrogen-bond acceptors (Lipinski definition) is 5. The van der Waals surface area contributed by atoms with Gasteiger partial charge in [-0.1, -0.05) is 18.2 Å². The molecule has 0 aliphatic heterocycles. The first-order chi connectivity index (χ1) is 12.6. The summed E-state index contributed by atoms with van der Waals surface area (Å²) in [6.45, 7) is 2.08. The first-order valence-electron chi connectivity index (χ1n) is 8.01. The Labute approximate surface area is 153 Å². The number of rotatable bonds is 4. The van der Waals surface area contributed by atoms with Crippen molar-refractivity contribution in [1.82, 2.24) is 14.8 Å². The smallest absolute Gasteiger partial charge is 0.336 e. The van der Waals surface area contributed by atoms with E-state index in [0.717, 1.165) is 16.6 Å². The van der Waals surface area contributed by atoms with E-state index in [2.05, 4.69) is 10.2 Å². The van der Waals surface area contributed by atoms with Crippen LogP contribution in [-0.2, 0) is 6.61 Å². The largest absolute Gasteiger partial charge is 0.485 e. The van der Waals surface area contributed by atoms with Crippen molar-refractivity contribution in [2.75, 3.05) is 0 Å². The molecule has 0 fully saturated rings. The minimum Gasteiger partial charge on any atom is -0.485 e. The molecule has 4 aromatic rings. The van der Waals surface area contributed by atoms with Crippen molar-refractivity contribution in [2.45, 2.75) is 13.5 Å². The second-order valence-electron chi connectivity index (χ2n) is 5.81. The normalized spacial score (nSPS) is 11.0. The summed E-state index contributed by atoms with van der Waals surface area (Å²) in [7, 11) is 0. The van der Waals surface area contributed by atoms with Gasteiger partial charge in [0.15, 0.2) is 10.6 Å². The number of H-pyrrole nitrogens is 1. The van der Waals surface area contributed by atoms with E-state index < -0.39 is 0 Å². The van der Waals surface area contributed by atoms with Gasteiger partial charge in [-0.15, -0.1) is 0 Å².